The molecule has 1 N–H and O–H groups in total. The Morgan fingerprint density at radius 2 is 2.06 bits per heavy atom. The van der Waals surface area contributed by atoms with Gasteiger partial charge in [0.2, 0.25) is 5.91 Å². The molecule has 1 amide bonds. The maximum Gasteiger partial charge on any atom is 0.305 e. The van der Waals surface area contributed by atoms with Crippen LogP contribution in [0.25, 0.3) is 0 Å². The van der Waals surface area contributed by atoms with Crippen molar-refractivity contribution in [1.29, 1.82) is 0 Å². The summed E-state index contributed by atoms with van der Waals surface area (Å²) >= 11 is 0. The molecule has 5 heteroatoms. The van der Waals surface area contributed by atoms with Gasteiger partial charge in [0.25, 0.3) is 0 Å². The van der Waals surface area contributed by atoms with E-state index < -0.39 is 5.97 Å². The summed E-state index contributed by atoms with van der Waals surface area (Å²) in [7, 11) is 3.68. The molecular weight excluding hydrogens is 208 g/mol. The lowest BCUT2D eigenvalue weighted by Gasteiger charge is -2.35. The molecule has 0 aromatic carbocycles. The van der Waals surface area contributed by atoms with E-state index in [4.69, 9.17) is 5.11 Å². The van der Waals surface area contributed by atoms with Gasteiger partial charge >= 0.3 is 5.97 Å². The van der Waals surface area contributed by atoms with Gasteiger partial charge in [-0.3, -0.25) is 9.59 Å². The van der Waals surface area contributed by atoms with Gasteiger partial charge in [-0.15, -0.1) is 0 Å². The van der Waals surface area contributed by atoms with E-state index in [0.29, 0.717) is 13.1 Å². The van der Waals surface area contributed by atoms with Gasteiger partial charge in [0.05, 0.1) is 13.0 Å². The van der Waals surface area contributed by atoms with Crippen molar-refractivity contribution in [3.05, 3.63) is 0 Å². The quantitative estimate of drug-likeness (QED) is 0.757. The third-order valence-electron chi connectivity index (χ3n) is 2.81. The number of aliphatic carboxylic acids is 1. The molecule has 1 heterocycles. The first-order valence-corrected chi connectivity index (χ1v) is 5.66. The number of carbonyl (C=O) groups excluding carboxylic acids is 1. The molecule has 1 aliphatic rings. The second-order valence-corrected chi connectivity index (χ2v) is 4.57. The first-order chi connectivity index (χ1) is 7.50. The summed E-state index contributed by atoms with van der Waals surface area (Å²) < 4.78 is 0. The van der Waals surface area contributed by atoms with Crippen molar-refractivity contribution in [3.8, 4) is 0 Å². The summed E-state index contributed by atoms with van der Waals surface area (Å²) in [5.74, 6) is -0.787. The van der Waals surface area contributed by atoms with Crippen LogP contribution in [-0.2, 0) is 9.59 Å². The van der Waals surface area contributed by atoms with E-state index in [0.717, 1.165) is 19.3 Å². The minimum atomic E-state index is -0.824. The second-order valence-electron chi connectivity index (χ2n) is 4.57. The van der Waals surface area contributed by atoms with Gasteiger partial charge in [0, 0.05) is 12.6 Å². The predicted molar refractivity (Wildman–Crippen MR) is 60.2 cm³/mol. The van der Waals surface area contributed by atoms with Crippen LogP contribution < -0.4 is 0 Å². The number of rotatable bonds is 4. The molecule has 0 aromatic rings. The standard InChI is InChI=1S/C11H20N2O3/c1-12(2)8-10(14)13-6-4-3-5-9(13)7-11(15)16/h9H,3-8H2,1-2H3,(H,15,16). The van der Waals surface area contributed by atoms with Crippen LogP contribution in [0, 0.1) is 0 Å². The molecule has 0 spiro atoms. The van der Waals surface area contributed by atoms with Crippen molar-refractivity contribution in [2.24, 2.45) is 0 Å². The number of piperidine rings is 1. The Bertz CT molecular complexity index is 266. The van der Waals surface area contributed by atoms with Crippen LogP contribution in [0.3, 0.4) is 0 Å². The molecular formula is C11H20N2O3. The second kappa shape index (κ2) is 5.84. The fourth-order valence-corrected chi connectivity index (χ4v) is 2.10. The molecule has 0 aromatic heterocycles. The normalized spacial score (nSPS) is 21.2. The minimum absolute atomic E-state index is 0.0379. The molecule has 1 saturated heterocycles. The number of carboxylic acids is 1. The Kier molecular flexibility index (Phi) is 4.73. The first-order valence-electron chi connectivity index (χ1n) is 5.66. The van der Waals surface area contributed by atoms with Crippen LogP contribution in [0.1, 0.15) is 25.7 Å². The molecule has 0 radical (unpaired) electrons. The zero-order chi connectivity index (χ0) is 12.1. The highest BCUT2D eigenvalue weighted by atomic mass is 16.4. The maximum absolute atomic E-state index is 11.9. The third kappa shape index (κ3) is 3.81. The largest absolute Gasteiger partial charge is 0.481 e. The number of likely N-dealkylation sites (tertiary alicyclic amines) is 1. The van der Waals surface area contributed by atoms with Crippen LogP contribution >= 0.6 is 0 Å². The van der Waals surface area contributed by atoms with Crippen LogP contribution in [0.2, 0.25) is 0 Å². The highest BCUT2D eigenvalue weighted by Gasteiger charge is 2.28. The molecule has 1 unspecified atom stereocenters. The van der Waals surface area contributed by atoms with Crippen molar-refractivity contribution in [2.75, 3.05) is 27.2 Å². The van der Waals surface area contributed by atoms with Gasteiger partial charge in [0.1, 0.15) is 0 Å². The van der Waals surface area contributed by atoms with Gasteiger partial charge in [0.15, 0.2) is 0 Å². The van der Waals surface area contributed by atoms with Gasteiger partial charge < -0.3 is 14.9 Å². The monoisotopic (exact) mass is 228 g/mol. The van der Waals surface area contributed by atoms with Crippen LogP contribution in [0.15, 0.2) is 0 Å². The summed E-state index contributed by atoms with van der Waals surface area (Å²) in [5.41, 5.74) is 0. The lowest BCUT2D eigenvalue weighted by molar-refractivity contribution is -0.142. The van der Waals surface area contributed by atoms with Crippen LogP contribution in [-0.4, -0.2) is 60.0 Å². The Hall–Kier alpha value is -1.10. The Morgan fingerprint density at radius 3 is 2.62 bits per heavy atom. The maximum atomic E-state index is 11.9. The van der Waals surface area contributed by atoms with Crippen molar-refractivity contribution >= 4 is 11.9 Å². The molecule has 1 rings (SSSR count). The zero-order valence-electron chi connectivity index (χ0n) is 9.98. The van der Waals surface area contributed by atoms with E-state index in [9.17, 15) is 9.59 Å². The average molecular weight is 228 g/mol. The van der Waals surface area contributed by atoms with Gasteiger partial charge in [-0.25, -0.2) is 0 Å². The first kappa shape index (κ1) is 13.0. The van der Waals surface area contributed by atoms with Gasteiger partial charge in [-0.1, -0.05) is 0 Å². The Labute approximate surface area is 96.0 Å². The number of hydrogen-bond donors (Lipinski definition) is 1. The fraction of sp³-hybridized carbons (Fsp3) is 0.818. The molecule has 5 nitrogen and oxygen atoms in total. The molecule has 1 aliphatic heterocycles. The summed E-state index contributed by atoms with van der Waals surface area (Å²) in [6, 6.07) is -0.112. The van der Waals surface area contributed by atoms with Crippen molar-refractivity contribution in [2.45, 2.75) is 31.7 Å². The molecule has 1 atom stereocenters. The van der Waals surface area contributed by atoms with E-state index >= 15 is 0 Å². The SMILES string of the molecule is CN(C)CC(=O)N1CCCCC1CC(=O)O. The van der Waals surface area contributed by atoms with E-state index in [1.807, 2.05) is 19.0 Å². The van der Waals surface area contributed by atoms with Crippen LogP contribution in [0.4, 0.5) is 0 Å². The number of likely N-dealkylation sites (N-methyl/N-ethyl adjacent to an activating group) is 1. The topological polar surface area (TPSA) is 60.9 Å². The molecule has 0 saturated carbocycles. The summed E-state index contributed by atoms with van der Waals surface area (Å²) in [6.07, 6.45) is 2.88. The smallest absolute Gasteiger partial charge is 0.305 e. The van der Waals surface area contributed by atoms with E-state index in [-0.39, 0.29) is 18.4 Å². The average Bonchev–Trinajstić information content (AvgIpc) is 2.16. The van der Waals surface area contributed by atoms with Crippen molar-refractivity contribution in [3.63, 3.8) is 0 Å². The fourth-order valence-electron chi connectivity index (χ4n) is 2.10. The number of hydrogen-bond acceptors (Lipinski definition) is 3. The van der Waals surface area contributed by atoms with Crippen LogP contribution in [0.5, 0.6) is 0 Å². The summed E-state index contributed by atoms with van der Waals surface area (Å²) in [4.78, 5) is 26.1. The lowest BCUT2D eigenvalue weighted by atomic mass is 9.99. The zero-order valence-corrected chi connectivity index (χ0v) is 9.98. The number of nitrogens with zero attached hydrogens (tertiary/aromatic N) is 2. The Balaban J connectivity index is 2.58. The number of amides is 1. The number of carbonyl (C=O) groups is 2. The van der Waals surface area contributed by atoms with Crippen molar-refractivity contribution < 1.29 is 14.7 Å². The lowest BCUT2D eigenvalue weighted by Crippen LogP contribution is -2.47. The summed E-state index contributed by atoms with van der Waals surface area (Å²) in [6.45, 7) is 1.06. The van der Waals surface area contributed by atoms with Gasteiger partial charge in [-0.05, 0) is 33.4 Å². The minimum Gasteiger partial charge on any atom is -0.481 e. The number of carboxylic acid groups (broad SMARTS) is 1. The Morgan fingerprint density at radius 1 is 1.38 bits per heavy atom. The van der Waals surface area contributed by atoms with E-state index in [1.165, 1.54) is 0 Å². The van der Waals surface area contributed by atoms with Gasteiger partial charge in [-0.2, -0.15) is 0 Å². The molecule has 0 bridgehead atoms. The highest BCUT2D eigenvalue weighted by Crippen LogP contribution is 2.19. The van der Waals surface area contributed by atoms with E-state index in [2.05, 4.69) is 0 Å². The van der Waals surface area contributed by atoms with Crippen molar-refractivity contribution in [1.82, 2.24) is 9.80 Å². The predicted octanol–water partition coefficient (Wildman–Crippen LogP) is 0.404. The molecule has 92 valence electrons. The van der Waals surface area contributed by atoms with E-state index in [1.54, 1.807) is 4.90 Å². The highest BCUT2D eigenvalue weighted by molar-refractivity contribution is 5.79. The summed E-state index contributed by atoms with van der Waals surface area (Å²) in [5, 5.41) is 8.80. The molecule has 16 heavy (non-hydrogen) atoms. The molecule has 0 aliphatic carbocycles. The molecule has 1 fully saturated rings. The third-order valence-corrected chi connectivity index (χ3v) is 2.81.